The lowest BCUT2D eigenvalue weighted by atomic mass is 10.3. The van der Waals surface area contributed by atoms with Crippen molar-refractivity contribution < 1.29 is 4.42 Å². The van der Waals surface area contributed by atoms with Crippen LogP contribution in [0.4, 0.5) is 0 Å². The molecular weight excluding hydrogens is 252 g/mol. The van der Waals surface area contributed by atoms with E-state index < -0.39 is 0 Å². The Hall–Kier alpha value is -1.78. The minimum atomic E-state index is 0.461. The summed E-state index contributed by atoms with van der Waals surface area (Å²) in [7, 11) is 2.04. The standard InChI is InChI=1S/C15H26N4O/c1-6-8-9-10-19(5)15(16-7-2)17-11-14-18-12(3)13(4)20-14/h6H,1,7-11H2,2-5H3,(H,16,17). The molecular formula is C15H26N4O. The predicted molar refractivity (Wildman–Crippen MR) is 82.9 cm³/mol. The Balaban J connectivity index is 2.63. The van der Waals surface area contributed by atoms with Crippen molar-refractivity contribution in [3.63, 3.8) is 0 Å². The fraction of sp³-hybridized carbons (Fsp3) is 0.600. The van der Waals surface area contributed by atoms with E-state index >= 15 is 0 Å². The van der Waals surface area contributed by atoms with Crippen LogP contribution in [0.1, 0.15) is 37.1 Å². The highest BCUT2D eigenvalue weighted by molar-refractivity contribution is 5.79. The van der Waals surface area contributed by atoms with Crippen LogP contribution in [0.15, 0.2) is 22.1 Å². The van der Waals surface area contributed by atoms with Crippen molar-refractivity contribution in [2.45, 2.75) is 40.2 Å². The number of nitrogens with one attached hydrogen (secondary N) is 1. The lowest BCUT2D eigenvalue weighted by Crippen LogP contribution is -2.39. The van der Waals surface area contributed by atoms with Gasteiger partial charge in [0.2, 0.25) is 5.89 Å². The molecule has 0 atom stereocenters. The summed E-state index contributed by atoms with van der Waals surface area (Å²) in [6.07, 6.45) is 4.03. The van der Waals surface area contributed by atoms with Gasteiger partial charge < -0.3 is 14.6 Å². The highest BCUT2D eigenvalue weighted by Crippen LogP contribution is 2.09. The van der Waals surface area contributed by atoms with E-state index in [1.54, 1.807) is 0 Å². The molecule has 0 unspecified atom stereocenters. The number of oxazole rings is 1. The minimum Gasteiger partial charge on any atom is -0.444 e. The quantitative estimate of drug-likeness (QED) is 0.360. The molecule has 0 aliphatic heterocycles. The first-order chi connectivity index (χ1) is 9.58. The number of nitrogens with zero attached hydrogens (tertiary/aromatic N) is 3. The fourth-order valence-corrected chi connectivity index (χ4v) is 1.80. The molecule has 1 N–H and O–H groups in total. The summed E-state index contributed by atoms with van der Waals surface area (Å²) in [5.74, 6) is 2.40. The molecule has 1 heterocycles. The van der Waals surface area contributed by atoms with Gasteiger partial charge in [0, 0.05) is 20.1 Å². The van der Waals surface area contributed by atoms with Gasteiger partial charge in [0.15, 0.2) is 5.96 Å². The number of hydrogen-bond acceptors (Lipinski definition) is 3. The van der Waals surface area contributed by atoms with Crippen LogP contribution in [0.3, 0.4) is 0 Å². The maximum Gasteiger partial charge on any atom is 0.216 e. The summed E-state index contributed by atoms with van der Waals surface area (Å²) in [6.45, 7) is 11.9. The third-order valence-electron chi connectivity index (χ3n) is 3.04. The van der Waals surface area contributed by atoms with E-state index in [4.69, 9.17) is 4.42 Å². The maximum atomic E-state index is 5.54. The zero-order valence-corrected chi connectivity index (χ0v) is 13.1. The first kappa shape index (κ1) is 16.3. The van der Waals surface area contributed by atoms with E-state index in [9.17, 15) is 0 Å². The summed E-state index contributed by atoms with van der Waals surface area (Å²) in [6, 6.07) is 0. The summed E-state index contributed by atoms with van der Waals surface area (Å²) in [5.41, 5.74) is 0.930. The Morgan fingerprint density at radius 1 is 1.50 bits per heavy atom. The number of rotatable bonds is 7. The minimum absolute atomic E-state index is 0.461. The van der Waals surface area contributed by atoms with E-state index in [-0.39, 0.29) is 0 Å². The molecule has 0 spiro atoms. The molecule has 0 amide bonds. The van der Waals surface area contributed by atoms with Crippen molar-refractivity contribution in [3.05, 3.63) is 30.0 Å². The number of aromatic nitrogens is 1. The van der Waals surface area contributed by atoms with Crippen LogP contribution in [0, 0.1) is 13.8 Å². The third kappa shape index (κ3) is 5.07. The van der Waals surface area contributed by atoms with Crippen molar-refractivity contribution in [1.29, 1.82) is 0 Å². The van der Waals surface area contributed by atoms with Crippen molar-refractivity contribution in [2.75, 3.05) is 20.1 Å². The Kier molecular flexibility index (Phi) is 6.84. The second kappa shape index (κ2) is 8.40. The summed E-state index contributed by atoms with van der Waals surface area (Å²) in [4.78, 5) is 11.0. The van der Waals surface area contributed by atoms with Crippen LogP contribution in [0.25, 0.3) is 0 Å². The number of allylic oxidation sites excluding steroid dienone is 1. The highest BCUT2D eigenvalue weighted by atomic mass is 16.4. The molecule has 0 saturated heterocycles. The Labute approximate surface area is 121 Å². The molecule has 1 aromatic heterocycles. The van der Waals surface area contributed by atoms with Gasteiger partial charge in [-0.15, -0.1) is 6.58 Å². The van der Waals surface area contributed by atoms with Gasteiger partial charge in [-0.05, 0) is 33.6 Å². The molecule has 0 bridgehead atoms. The summed E-state index contributed by atoms with van der Waals surface area (Å²) in [5, 5.41) is 3.28. The number of guanidine groups is 1. The smallest absolute Gasteiger partial charge is 0.216 e. The van der Waals surface area contributed by atoms with E-state index in [2.05, 4.69) is 33.7 Å². The van der Waals surface area contributed by atoms with E-state index in [1.165, 1.54) is 0 Å². The molecule has 0 aromatic carbocycles. The SMILES string of the molecule is C=CCCCN(C)C(=NCc1nc(C)c(C)o1)NCC. The van der Waals surface area contributed by atoms with Gasteiger partial charge in [-0.1, -0.05) is 6.08 Å². The largest absolute Gasteiger partial charge is 0.444 e. The Bertz CT molecular complexity index is 431. The van der Waals surface area contributed by atoms with Gasteiger partial charge in [0.05, 0.1) is 5.69 Å². The van der Waals surface area contributed by atoms with Gasteiger partial charge in [-0.3, -0.25) is 0 Å². The molecule has 1 aromatic rings. The molecule has 0 aliphatic carbocycles. The van der Waals surface area contributed by atoms with E-state index in [1.807, 2.05) is 27.0 Å². The lowest BCUT2D eigenvalue weighted by Gasteiger charge is -2.21. The monoisotopic (exact) mass is 278 g/mol. The average molecular weight is 278 g/mol. The van der Waals surface area contributed by atoms with Gasteiger partial charge >= 0.3 is 0 Å². The number of hydrogen-bond donors (Lipinski definition) is 1. The number of unbranched alkanes of at least 4 members (excludes halogenated alkanes) is 1. The van der Waals surface area contributed by atoms with Crippen LogP contribution in [0.2, 0.25) is 0 Å². The average Bonchev–Trinajstić information content (AvgIpc) is 2.74. The van der Waals surface area contributed by atoms with Crippen LogP contribution in [0.5, 0.6) is 0 Å². The molecule has 1 rings (SSSR count). The first-order valence-corrected chi connectivity index (χ1v) is 7.11. The Morgan fingerprint density at radius 3 is 2.80 bits per heavy atom. The second-order valence-corrected chi connectivity index (χ2v) is 4.77. The normalized spacial score (nSPS) is 11.5. The predicted octanol–water partition coefficient (Wildman–Crippen LogP) is 2.65. The van der Waals surface area contributed by atoms with Crippen molar-refractivity contribution >= 4 is 5.96 Å². The zero-order valence-electron chi connectivity index (χ0n) is 13.1. The molecule has 5 nitrogen and oxygen atoms in total. The molecule has 0 aliphatic rings. The third-order valence-corrected chi connectivity index (χ3v) is 3.04. The van der Waals surface area contributed by atoms with Crippen molar-refractivity contribution in [1.82, 2.24) is 15.2 Å². The van der Waals surface area contributed by atoms with Gasteiger partial charge in [-0.2, -0.15) is 0 Å². The van der Waals surface area contributed by atoms with Crippen molar-refractivity contribution in [2.24, 2.45) is 4.99 Å². The molecule has 20 heavy (non-hydrogen) atoms. The van der Waals surface area contributed by atoms with Gasteiger partial charge in [0.1, 0.15) is 12.3 Å². The lowest BCUT2D eigenvalue weighted by molar-refractivity contribution is 0.455. The number of aliphatic imine (C=N–C) groups is 1. The van der Waals surface area contributed by atoms with Crippen LogP contribution < -0.4 is 5.32 Å². The maximum absolute atomic E-state index is 5.54. The van der Waals surface area contributed by atoms with Crippen LogP contribution in [-0.2, 0) is 6.54 Å². The van der Waals surface area contributed by atoms with Gasteiger partial charge in [0.25, 0.3) is 0 Å². The van der Waals surface area contributed by atoms with E-state index in [0.717, 1.165) is 43.3 Å². The summed E-state index contributed by atoms with van der Waals surface area (Å²) >= 11 is 0. The molecule has 0 radical (unpaired) electrons. The zero-order chi connectivity index (χ0) is 15.0. The van der Waals surface area contributed by atoms with Crippen molar-refractivity contribution in [3.8, 4) is 0 Å². The molecule has 112 valence electrons. The topological polar surface area (TPSA) is 53.7 Å². The van der Waals surface area contributed by atoms with Crippen LogP contribution >= 0.6 is 0 Å². The summed E-state index contributed by atoms with van der Waals surface area (Å²) < 4.78 is 5.54. The van der Waals surface area contributed by atoms with Gasteiger partial charge in [-0.25, -0.2) is 9.98 Å². The molecule has 0 fully saturated rings. The second-order valence-electron chi connectivity index (χ2n) is 4.77. The fourth-order valence-electron chi connectivity index (χ4n) is 1.80. The Morgan fingerprint density at radius 2 is 2.25 bits per heavy atom. The first-order valence-electron chi connectivity index (χ1n) is 7.11. The van der Waals surface area contributed by atoms with E-state index in [0.29, 0.717) is 12.4 Å². The molecule has 0 saturated carbocycles. The molecule has 5 heteroatoms. The number of aryl methyl sites for hydroxylation is 2. The van der Waals surface area contributed by atoms with Crippen LogP contribution in [-0.4, -0.2) is 36.0 Å². The highest BCUT2D eigenvalue weighted by Gasteiger charge is 2.08.